The molecule has 1 amide bonds. The van der Waals surface area contributed by atoms with Crippen molar-refractivity contribution in [3.05, 3.63) is 95.3 Å². The molecule has 30 heavy (non-hydrogen) atoms. The predicted molar refractivity (Wildman–Crippen MR) is 115 cm³/mol. The Labute approximate surface area is 176 Å². The summed E-state index contributed by atoms with van der Waals surface area (Å²) in [7, 11) is -4.03. The van der Waals surface area contributed by atoms with Crippen LogP contribution in [0.3, 0.4) is 0 Å². The third-order valence-corrected chi connectivity index (χ3v) is 6.24. The first kappa shape index (κ1) is 21.7. The van der Waals surface area contributed by atoms with E-state index in [1.54, 1.807) is 0 Å². The fraction of sp³-hybridized carbons (Fsp3) is 0.174. The van der Waals surface area contributed by atoms with Crippen LogP contribution in [0, 0.1) is 19.7 Å². The van der Waals surface area contributed by atoms with Gasteiger partial charge in [-0.05, 0) is 61.2 Å². The van der Waals surface area contributed by atoms with E-state index in [-0.39, 0.29) is 11.3 Å². The topological polar surface area (TPSA) is 75.3 Å². The van der Waals surface area contributed by atoms with Crippen LogP contribution in [0.2, 0.25) is 0 Å². The number of hydrogen-bond acceptors (Lipinski definition) is 3. The van der Waals surface area contributed by atoms with Gasteiger partial charge in [0.25, 0.3) is 0 Å². The normalized spacial score (nSPS) is 12.4. The van der Waals surface area contributed by atoms with Crippen molar-refractivity contribution < 1.29 is 17.6 Å². The Balaban J connectivity index is 1.90. The Morgan fingerprint density at radius 1 is 0.900 bits per heavy atom. The van der Waals surface area contributed by atoms with E-state index in [0.29, 0.717) is 5.69 Å². The van der Waals surface area contributed by atoms with Gasteiger partial charge in [-0.1, -0.05) is 48.5 Å². The van der Waals surface area contributed by atoms with Crippen LogP contribution in [0.25, 0.3) is 0 Å². The highest BCUT2D eigenvalue weighted by Gasteiger charge is 2.27. The molecular weight excluding hydrogens is 403 g/mol. The summed E-state index contributed by atoms with van der Waals surface area (Å²) in [5.74, 6) is -1.01. The maximum Gasteiger partial charge on any atom is 0.242 e. The lowest BCUT2D eigenvalue weighted by atomic mass is 10.0. The lowest BCUT2D eigenvalue weighted by Crippen LogP contribution is -2.45. The fourth-order valence-electron chi connectivity index (χ4n) is 3.13. The molecular formula is C23H23FN2O3S. The molecule has 7 heteroatoms. The Kier molecular flexibility index (Phi) is 6.64. The summed E-state index contributed by atoms with van der Waals surface area (Å²) >= 11 is 0. The average molecular weight is 427 g/mol. The van der Waals surface area contributed by atoms with Gasteiger partial charge in [0.15, 0.2) is 0 Å². The number of anilines is 1. The van der Waals surface area contributed by atoms with Crippen LogP contribution in [0.1, 0.15) is 16.7 Å². The van der Waals surface area contributed by atoms with Crippen molar-refractivity contribution in [3.63, 3.8) is 0 Å². The van der Waals surface area contributed by atoms with Crippen molar-refractivity contribution >= 4 is 21.6 Å². The van der Waals surface area contributed by atoms with Gasteiger partial charge >= 0.3 is 0 Å². The molecule has 0 aliphatic heterocycles. The molecule has 5 nitrogen and oxygen atoms in total. The molecule has 0 aliphatic rings. The number of nitrogens with one attached hydrogen (secondary N) is 2. The van der Waals surface area contributed by atoms with E-state index in [1.165, 1.54) is 12.1 Å². The minimum Gasteiger partial charge on any atom is -0.324 e. The van der Waals surface area contributed by atoms with Gasteiger partial charge in [-0.25, -0.2) is 12.8 Å². The number of sulfonamides is 1. The Hall–Kier alpha value is -3.03. The van der Waals surface area contributed by atoms with Crippen LogP contribution in [0.15, 0.2) is 77.7 Å². The number of amides is 1. The van der Waals surface area contributed by atoms with E-state index in [1.807, 2.05) is 62.4 Å². The zero-order valence-electron chi connectivity index (χ0n) is 16.7. The first-order valence-corrected chi connectivity index (χ1v) is 10.9. The molecule has 1 atom stereocenters. The largest absolute Gasteiger partial charge is 0.324 e. The number of benzene rings is 3. The van der Waals surface area contributed by atoms with Crippen molar-refractivity contribution in [1.29, 1.82) is 0 Å². The van der Waals surface area contributed by atoms with E-state index in [9.17, 15) is 17.6 Å². The van der Waals surface area contributed by atoms with Crippen LogP contribution in [0.4, 0.5) is 10.1 Å². The summed E-state index contributed by atoms with van der Waals surface area (Å²) < 4.78 is 41.3. The SMILES string of the molecule is Cc1cccc(C)c1NC(=O)[C@H](Cc1ccccc1)NS(=O)(=O)c1ccc(F)cc1. The molecule has 0 aromatic heterocycles. The standard InChI is InChI=1S/C23H23FN2O3S/c1-16-7-6-8-17(2)22(16)25-23(27)21(15-18-9-4-3-5-10-18)26-30(28,29)20-13-11-19(24)12-14-20/h3-14,21,26H,15H2,1-2H3,(H,25,27)/t21-/m0/s1. The molecule has 3 aromatic rings. The van der Waals surface area contributed by atoms with Crippen LogP contribution in [0.5, 0.6) is 0 Å². The van der Waals surface area contributed by atoms with E-state index in [2.05, 4.69) is 10.0 Å². The fourth-order valence-corrected chi connectivity index (χ4v) is 4.32. The summed E-state index contributed by atoms with van der Waals surface area (Å²) in [6.45, 7) is 3.75. The molecule has 0 saturated heterocycles. The van der Waals surface area contributed by atoms with Crippen LogP contribution in [-0.2, 0) is 21.2 Å². The summed E-state index contributed by atoms with van der Waals surface area (Å²) in [5, 5.41) is 2.86. The van der Waals surface area contributed by atoms with Crippen molar-refractivity contribution in [2.75, 3.05) is 5.32 Å². The second kappa shape index (κ2) is 9.19. The summed E-state index contributed by atoms with van der Waals surface area (Å²) in [5.41, 5.74) is 3.22. The lowest BCUT2D eigenvalue weighted by molar-refractivity contribution is -0.117. The van der Waals surface area contributed by atoms with E-state index in [4.69, 9.17) is 0 Å². The smallest absolute Gasteiger partial charge is 0.242 e. The summed E-state index contributed by atoms with van der Waals surface area (Å²) in [6, 6.07) is 18.2. The van der Waals surface area contributed by atoms with Gasteiger partial charge in [-0.2, -0.15) is 4.72 Å². The highest BCUT2D eigenvalue weighted by atomic mass is 32.2. The third-order valence-electron chi connectivity index (χ3n) is 4.75. The summed E-state index contributed by atoms with van der Waals surface area (Å²) in [4.78, 5) is 13.0. The Morgan fingerprint density at radius 2 is 1.50 bits per heavy atom. The highest BCUT2D eigenvalue weighted by molar-refractivity contribution is 7.89. The second-order valence-corrected chi connectivity index (χ2v) is 8.79. The van der Waals surface area contributed by atoms with Crippen LogP contribution >= 0.6 is 0 Å². The molecule has 0 spiro atoms. The molecule has 0 fully saturated rings. The number of rotatable bonds is 7. The maximum atomic E-state index is 13.2. The molecule has 3 aromatic carbocycles. The van der Waals surface area contributed by atoms with Gasteiger partial charge in [0.2, 0.25) is 15.9 Å². The Morgan fingerprint density at radius 3 is 2.10 bits per heavy atom. The highest BCUT2D eigenvalue weighted by Crippen LogP contribution is 2.20. The summed E-state index contributed by atoms with van der Waals surface area (Å²) in [6.07, 6.45) is 0.165. The van der Waals surface area contributed by atoms with Crippen molar-refractivity contribution in [3.8, 4) is 0 Å². The van der Waals surface area contributed by atoms with Gasteiger partial charge in [0.1, 0.15) is 11.9 Å². The minimum absolute atomic E-state index is 0.109. The van der Waals surface area contributed by atoms with Gasteiger partial charge in [-0.3, -0.25) is 4.79 Å². The molecule has 3 rings (SSSR count). The number of halogens is 1. The molecule has 0 bridgehead atoms. The molecule has 0 heterocycles. The van der Waals surface area contributed by atoms with E-state index in [0.717, 1.165) is 28.8 Å². The first-order chi connectivity index (χ1) is 14.3. The van der Waals surface area contributed by atoms with Crippen LogP contribution < -0.4 is 10.0 Å². The molecule has 0 radical (unpaired) electrons. The third kappa shape index (κ3) is 5.31. The number of hydrogen-bond donors (Lipinski definition) is 2. The van der Waals surface area contributed by atoms with E-state index < -0.39 is 27.8 Å². The molecule has 0 saturated carbocycles. The monoisotopic (exact) mass is 426 g/mol. The second-order valence-electron chi connectivity index (χ2n) is 7.07. The van der Waals surface area contributed by atoms with Gasteiger partial charge in [0.05, 0.1) is 4.90 Å². The van der Waals surface area contributed by atoms with Gasteiger partial charge in [0, 0.05) is 5.69 Å². The number of carbonyl (C=O) groups excluding carboxylic acids is 1. The number of aryl methyl sites for hydroxylation is 2. The number of carbonyl (C=O) groups is 1. The van der Waals surface area contributed by atoms with Crippen molar-refractivity contribution in [1.82, 2.24) is 4.72 Å². The molecule has 0 aliphatic carbocycles. The molecule has 156 valence electrons. The van der Waals surface area contributed by atoms with Gasteiger partial charge < -0.3 is 5.32 Å². The van der Waals surface area contributed by atoms with Crippen molar-refractivity contribution in [2.45, 2.75) is 31.2 Å². The quantitative estimate of drug-likeness (QED) is 0.600. The molecule has 2 N–H and O–H groups in total. The van der Waals surface area contributed by atoms with Gasteiger partial charge in [-0.15, -0.1) is 0 Å². The molecule has 0 unspecified atom stereocenters. The minimum atomic E-state index is -4.03. The Bertz CT molecular complexity index is 1110. The zero-order chi connectivity index (χ0) is 21.7. The zero-order valence-corrected chi connectivity index (χ0v) is 17.5. The maximum absolute atomic E-state index is 13.2. The number of para-hydroxylation sites is 1. The van der Waals surface area contributed by atoms with Crippen molar-refractivity contribution in [2.24, 2.45) is 0 Å². The lowest BCUT2D eigenvalue weighted by Gasteiger charge is -2.20. The average Bonchev–Trinajstić information content (AvgIpc) is 2.71. The first-order valence-electron chi connectivity index (χ1n) is 9.45. The van der Waals surface area contributed by atoms with Crippen LogP contribution in [-0.4, -0.2) is 20.4 Å². The van der Waals surface area contributed by atoms with E-state index >= 15 is 0 Å². The predicted octanol–water partition coefficient (Wildman–Crippen LogP) is 3.97.